The van der Waals surface area contributed by atoms with E-state index in [1.807, 2.05) is 9.80 Å². The molecule has 0 aromatic carbocycles. The zero-order valence-electron chi connectivity index (χ0n) is 10.4. The van der Waals surface area contributed by atoms with Crippen LogP contribution in [0.15, 0.2) is 0 Å². The van der Waals surface area contributed by atoms with Crippen LogP contribution in [0.2, 0.25) is 0 Å². The van der Waals surface area contributed by atoms with Crippen LogP contribution in [0.4, 0.5) is 0 Å². The third kappa shape index (κ3) is 5.66. The first-order valence-corrected chi connectivity index (χ1v) is 5.98. The van der Waals surface area contributed by atoms with E-state index in [0.717, 1.165) is 19.5 Å². The average molecular weight is 253 g/mol. The van der Waals surface area contributed by atoms with Gasteiger partial charge in [0.05, 0.1) is 19.6 Å². The van der Waals surface area contributed by atoms with Crippen molar-refractivity contribution in [2.45, 2.75) is 6.42 Å². The van der Waals surface area contributed by atoms with Gasteiger partial charge in [-0.05, 0) is 13.0 Å². The highest BCUT2D eigenvalue weighted by atomic mass is 16.4. The maximum atomic E-state index is 11.5. The molecule has 18 heavy (non-hydrogen) atoms. The van der Waals surface area contributed by atoms with Crippen molar-refractivity contribution in [3.8, 4) is 12.3 Å². The SMILES string of the molecule is C#CCNC(=O)CN1CCCN(CC(=O)O)CC1. The number of hydrogen-bond acceptors (Lipinski definition) is 4. The molecule has 1 aliphatic rings. The van der Waals surface area contributed by atoms with Crippen LogP contribution in [0.25, 0.3) is 0 Å². The maximum Gasteiger partial charge on any atom is 0.317 e. The minimum atomic E-state index is -0.810. The maximum absolute atomic E-state index is 11.5. The Morgan fingerprint density at radius 3 is 2.33 bits per heavy atom. The third-order valence-electron chi connectivity index (χ3n) is 2.79. The van der Waals surface area contributed by atoms with E-state index >= 15 is 0 Å². The smallest absolute Gasteiger partial charge is 0.317 e. The normalized spacial score (nSPS) is 17.7. The lowest BCUT2D eigenvalue weighted by molar-refractivity contribution is -0.138. The number of carbonyl (C=O) groups excluding carboxylic acids is 1. The van der Waals surface area contributed by atoms with E-state index in [2.05, 4.69) is 11.2 Å². The van der Waals surface area contributed by atoms with E-state index in [9.17, 15) is 9.59 Å². The van der Waals surface area contributed by atoms with E-state index in [1.165, 1.54) is 0 Å². The van der Waals surface area contributed by atoms with Gasteiger partial charge in [-0.3, -0.25) is 19.4 Å². The largest absolute Gasteiger partial charge is 0.480 e. The molecule has 100 valence electrons. The minimum Gasteiger partial charge on any atom is -0.480 e. The highest BCUT2D eigenvalue weighted by Gasteiger charge is 2.18. The first-order valence-electron chi connectivity index (χ1n) is 5.98. The summed E-state index contributed by atoms with van der Waals surface area (Å²) < 4.78 is 0. The zero-order chi connectivity index (χ0) is 13.4. The number of carboxylic acid groups (broad SMARTS) is 1. The topological polar surface area (TPSA) is 72.9 Å². The number of rotatable bonds is 5. The van der Waals surface area contributed by atoms with Crippen LogP contribution < -0.4 is 5.32 Å². The Balaban J connectivity index is 2.31. The monoisotopic (exact) mass is 253 g/mol. The van der Waals surface area contributed by atoms with Gasteiger partial charge in [0, 0.05) is 19.6 Å². The van der Waals surface area contributed by atoms with Crippen LogP contribution in [0.1, 0.15) is 6.42 Å². The van der Waals surface area contributed by atoms with Gasteiger partial charge in [-0.2, -0.15) is 0 Å². The summed E-state index contributed by atoms with van der Waals surface area (Å²) in [4.78, 5) is 26.0. The van der Waals surface area contributed by atoms with Crippen LogP contribution in [-0.2, 0) is 9.59 Å². The van der Waals surface area contributed by atoms with Crippen LogP contribution in [0.5, 0.6) is 0 Å². The second kappa shape index (κ2) is 7.69. The molecule has 0 unspecified atom stereocenters. The van der Waals surface area contributed by atoms with Crippen molar-refractivity contribution in [1.82, 2.24) is 15.1 Å². The standard InChI is InChI=1S/C12H19N3O3/c1-2-4-13-11(16)9-14-5-3-6-15(8-7-14)10-12(17)18/h1H,3-10H2,(H,13,16)(H,17,18). The highest BCUT2D eigenvalue weighted by Crippen LogP contribution is 2.02. The number of aliphatic carboxylic acids is 1. The fourth-order valence-corrected chi connectivity index (χ4v) is 1.94. The fourth-order valence-electron chi connectivity index (χ4n) is 1.94. The molecule has 2 N–H and O–H groups in total. The van der Waals surface area contributed by atoms with Gasteiger partial charge in [0.1, 0.15) is 0 Å². The average Bonchev–Trinajstić information content (AvgIpc) is 2.52. The lowest BCUT2D eigenvalue weighted by Gasteiger charge is -2.19. The van der Waals surface area contributed by atoms with Gasteiger partial charge in [-0.15, -0.1) is 6.42 Å². The summed E-state index contributed by atoms with van der Waals surface area (Å²) in [6.45, 7) is 3.58. The highest BCUT2D eigenvalue weighted by molar-refractivity contribution is 5.78. The second-order valence-corrected chi connectivity index (χ2v) is 4.28. The molecule has 0 aliphatic carbocycles. The molecule has 6 heteroatoms. The van der Waals surface area contributed by atoms with Crippen LogP contribution >= 0.6 is 0 Å². The number of nitrogens with zero attached hydrogens (tertiary/aromatic N) is 2. The summed E-state index contributed by atoms with van der Waals surface area (Å²) in [6, 6.07) is 0. The second-order valence-electron chi connectivity index (χ2n) is 4.28. The van der Waals surface area contributed by atoms with Crippen LogP contribution in [0, 0.1) is 12.3 Å². The first kappa shape index (κ1) is 14.5. The van der Waals surface area contributed by atoms with Crippen molar-refractivity contribution in [2.75, 3.05) is 45.8 Å². The van der Waals surface area contributed by atoms with Gasteiger partial charge in [0.2, 0.25) is 5.91 Å². The van der Waals surface area contributed by atoms with Gasteiger partial charge < -0.3 is 10.4 Å². The molecule has 0 radical (unpaired) electrons. The molecule has 0 spiro atoms. The number of amides is 1. The van der Waals surface area contributed by atoms with E-state index in [0.29, 0.717) is 19.6 Å². The van der Waals surface area contributed by atoms with E-state index in [1.54, 1.807) is 0 Å². The molecule has 1 amide bonds. The zero-order valence-corrected chi connectivity index (χ0v) is 10.4. The Bertz CT molecular complexity index is 338. The van der Waals surface area contributed by atoms with Gasteiger partial charge in [0.15, 0.2) is 0 Å². The van der Waals surface area contributed by atoms with Crippen molar-refractivity contribution in [1.29, 1.82) is 0 Å². The number of hydrogen-bond donors (Lipinski definition) is 2. The first-order chi connectivity index (χ1) is 8.61. The summed E-state index contributed by atoms with van der Waals surface area (Å²) >= 11 is 0. The summed E-state index contributed by atoms with van der Waals surface area (Å²) in [5.41, 5.74) is 0. The van der Waals surface area contributed by atoms with Gasteiger partial charge in [-0.25, -0.2) is 0 Å². The Labute approximate surface area is 107 Å². The number of carboxylic acids is 1. The van der Waals surface area contributed by atoms with Gasteiger partial charge in [-0.1, -0.05) is 5.92 Å². The summed E-state index contributed by atoms with van der Waals surface area (Å²) in [6.07, 6.45) is 5.93. The third-order valence-corrected chi connectivity index (χ3v) is 2.79. The lowest BCUT2D eigenvalue weighted by Crippen LogP contribution is -2.39. The van der Waals surface area contributed by atoms with E-state index < -0.39 is 5.97 Å². The van der Waals surface area contributed by atoms with Crippen molar-refractivity contribution in [3.05, 3.63) is 0 Å². The summed E-state index contributed by atoms with van der Waals surface area (Å²) in [7, 11) is 0. The summed E-state index contributed by atoms with van der Waals surface area (Å²) in [5.74, 6) is 1.46. The molecule has 1 rings (SSSR count). The fraction of sp³-hybridized carbons (Fsp3) is 0.667. The van der Waals surface area contributed by atoms with Crippen LogP contribution in [0.3, 0.4) is 0 Å². The summed E-state index contributed by atoms with van der Waals surface area (Å²) in [5, 5.41) is 11.3. The molecule has 0 saturated carbocycles. The quantitative estimate of drug-likeness (QED) is 0.604. The number of nitrogens with one attached hydrogen (secondary N) is 1. The Kier molecular flexibility index (Phi) is 6.19. The molecular weight excluding hydrogens is 234 g/mol. The molecular formula is C12H19N3O3. The lowest BCUT2D eigenvalue weighted by atomic mass is 10.3. The van der Waals surface area contributed by atoms with Crippen LogP contribution in [-0.4, -0.2) is 72.6 Å². The van der Waals surface area contributed by atoms with Crippen molar-refractivity contribution in [2.24, 2.45) is 0 Å². The van der Waals surface area contributed by atoms with Crippen molar-refractivity contribution < 1.29 is 14.7 Å². The molecule has 0 aromatic rings. The molecule has 1 heterocycles. The molecule has 1 fully saturated rings. The van der Waals surface area contributed by atoms with Gasteiger partial charge in [0.25, 0.3) is 0 Å². The minimum absolute atomic E-state index is 0.0666. The molecule has 6 nitrogen and oxygen atoms in total. The predicted octanol–water partition coefficient (Wildman–Crippen LogP) is -1.17. The van der Waals surface area contributed by atoms with Crippen molar-refractivity contribution in [3.63, 3.8) is 0 Å². The molecule has 0 atom stereocenters. The Morgan fingerprint density at radius 1 is 1.17 bits per heavy atom. The number of terminal acetylenes is 1. The predicted molar refractivity (Wildman–Crippen MR) is 67.0 cm³/mol. The molecule has 0 aromatic heterocycles. The van der Waals surface area contributed by atoms with Crippen molar-refractivity contribution >= 4 is 11.9 Å². The Hall–Kier alpha value is -1.58. The Morgan fingerprint density at radius 2 is 1.78 bits per heavy atom. The van der Waals surface area contributed by atoms with E-state index in [-0.39, 0.29) is 19.0 Å². The van der Waals surface area contributed by atoms with Gasteiger partial charge >= 0.3 is 5.97 Å². The van der Waals surface area contributed by atoms with E-state index in [4.69, 9.17) is 11.5 Å². The molecule has 1 aliphatic heterocycles. The molecule has 0 bridgehead atoms. The molecule has 1 saturated heterocycles. The number of carbonyl (C=O) groups is 2.